The van der Waals surface area contributed by atoms with E-state index in [9.17, 15) is 4.79 Å². The van der Waals surface area contributed by atoms with Gasteiger partial charge in [0.1, 0.15) is 5.78 Å². The molecule has 4 aromatic rings. The van der Waals surface area contributed by atoms with Crippen LogP contribution in [0, 0.1) is 11.8 Å². The summed E-state index contributed by atoms with van der Waals surface area (Å²) in [7, 11) is 0. The van der Waals surface area contributed by atoms with E-state index < -0.39 is 0 Å². The molecular weight excluding hydrogens is 418 g/mol. The van der Waals surface area contributed by atoms with Crippen molar-refractivity contribution in [2.24, 2.45) is 11.8 Å². The molecule has 2 bridgehead atoms. The maximum absolute atomic E-state index is 14.4. The summed E-state index contributed by atoms with van der Waals surface area (Å²) < 4.78 is 6.94. The van der Waals surface area contributed by atoms with Crippen molar-refractivity contribution >= 4 is 5.78 Å². The van der Waals surface area contributed by atoms with Gasteiger partial charge in [0.25, 0.3) is 0 Å². The lowest BCUT2D eigenvalue weighted by Crippen LogP contribution is -2.56. The topological polar surface area (TPSA) is 38.3 Å². The molecule has 34 heavy (non-hydrogen) atoms. The van der Waals surface area contributed by atoms with Gasteiger partial charge in [-0.15, -0.1) is 0 Å². The average molecular weight is 446 g/mol. The number of piperidine rings is 1. The summed E-state index contributed by atoms with van der Waals surface area (Å²) in [5.74, 6) is -0.347. The van der Waals surface area contributed by atoms with Crippen LogP contribution in [0.3, 0.4) is 0 Å². The van der Waals surface area contributed by atoms with Gasteiger partial charge in [-0.3, -0.25) is 4.79 Å². The molecule has 3 heteroatoms. The van der Waals surface area contributed by atoms with E-state index in [0.29, 0.717) is 0 Å². The van der Waals surface area contributed by atoms with Crippen molar-refractivity contribution in [3.8, 4) is 0 Å². The molecule has 6 rings (SSSR count). The van der Waals surface area contributed by atoms with E-state index in [1.165, 1.54) is 0 Å². The predicted molar refractivity (Wildman–Crippen MR) is 133 cm³/mol. The largest absolute Gasteiger partial charge is 0.364 e. The average Bonchev–Trinajstić information content (AvgIpc) is 2.91. The van der Waals surface area contributed by atoms with Crippen LogP contribution in [0.5, 0.6) is 0 Å². The summed E-state index contributed by atoms with van der Waals surface area (Å²) >= 11 is 0. The Morgan fingerprint density at radius 3 is 1.15 bits per heavy atom. The number of ether oxygens (including phenoxy) is 1. The molecule has 1 N–H and O–H groups in total. The van der Waals surface area contributed by atoms with Crippen LogP contribution in [0.25, 0.3) is 0 Å². The van der Waals surface area contributed by atoms with Crippen LogP contribution in [0.4, 0.5) is 0 Å². The fourth-order valence-electron chi connectivity index (χ4n) is 5.71. The predicted octanol–water partition coefficient (Wildman–Crippen LogP) is 6.39. The van der Waals surface area contributed by atoms with Gasteiger partial charge in [0.05, 0.1) is 24.0 Å². The van der Waals surface area contributed by atoms with Gasteiger partial charge < -0.3 is 10.1 Å². The molecule has 2 aliphatic heterocycles. The van der Waals surface area contributed by atoms with E-state index in [4.69, 9.17) is 4.74 Å². The number of carbonyl (C=O) groups is 1. The van der Waals surface area contributed by atoms with Gasteiger partial charge in [0.2, 0.25) is 0 Å². The highest BCUT2D eigenvalue weighted by atomic mass is 16.5. The lowest BCUT2D eigenvalue weighted by Gasteiger charge is -2.52. The summed E-state index contributed by atoms with van der Waals surface area (Å²) in [5.41, 5.74) is 4.31. The van der Waals surface area contributed by atoms with Crippen molar-refractivity contribution in [3.05, 3.63) is 144 Å². The zero-order valence-corrected chi connectivity index (χ0v) is 18.8. The van der Waals surface area contributed by atoms with Gasteiger partial charge in [-0.2, -0.15) is 0 Å². The molecule has 2 fully saturated rings. The minimum atomic E-state index is -0.329. The number of Topliss-reactive ketones (excluding diaryl/α,β-unsaturated/α-hetero) is 1. The van der Waals surface area contributed by atoms with Gasteiger partial charge in [-0.05, 0) is 22.3 Å². The van der Waals surface area contributed by atoms with E-state index in [1.54, 1.807) is 0 Å². The van der Waals surface area contributed by atoms with Crippen molar-refractivity contribution in [1.82, 2.24) is 5.32 Å². The van der Waals surface area contributed by atoms with Crippen molar-refractivity contribution < 1.29 is 9.53 Å². The van der Waals surface area contributed by atoms with Gasteiger partial charge >= 0.3 is 0 Å². The number of hydrogen-bond donors (Lipinski definition) is 1. The molecule has 3 nitrogen and oxygen atoms in total. The number of hydrogen-bond acceptors (Lipinski definition) is 3. The Morgan fingerprint density at radius 2 is 0.794 bits per heavy atom. The highest BCUT2D eigenvalue weighted by molar-refractivity contribution is 5.88. The van der Waals surface area contributed by atoms with Gasteiger partial charge in [-0.1, -0.05) is 121 Å². The first-order valence-corrected chi connectivity index (χ1v) is 12.0. The third-order valence-electron chi connectivity index (χ3n) is 7.25. The van der Waals surface area contributed by atoms with E-state index >= 15 is 0 Å². The highest BCUT2D eigenvalue weighted by Gasteiger charge is 2.56. The van der Waals surface area contributed by atoms with Crippen molar-refractivity contribution in [3.63, 3.8) is 0 Å². The molecule has 0 amide bonds. The second kappa shape index (κ2) is 9.02. The molecule has 2 saturated heterocycles. The lowest BCUT2D eigenvalue weighted by atomic mass is 9.66. The van der Waals surface area contributed by atoms with Crippen LogP contribution in [0.2, 0.25) is 0 Å². The number of rotatable bonds is 4. The SMILES string of the molecule is O=C1[C@@H]2[C@@H](c3ccccc3)N[C@@H](c3ccccc3)[C@@H]1[C@H](c1ccccc1)O[C@H]2c1ccccc1. The molecule has 2 heterocycles. The summed E-state index contributed by atoms with van der Waals surface area (Å²) in [4.78, 5) is 14.4. The molecule has 0 unspecified atom stereocenters. The summed E-state index contributed by atoms with van der Waals surface area (Å²) in [6.45, 7) is 0. The Kier molecular flexibility index (Phi) is 5.58. The second-order valence-electron chi connectivity index (χ2n) is 9.20. The van der Waals surface area contributed by atoms with E-state index in [2.05, 4.69) is 53.8 Å². The molecule has 2 aliphatic rings. The first kappa shape index (κ1) is 21.0. The van der Waals surface area contributed by atoms with Crippen LogP contribution in [-0.2, 0) is 9.53 Å². The normalized spacial score (nSPS) is 28.4. The maximum Gasteiger partial charge on any atom is 0.148 e. The fourth-order valence-corrected chi connectivity index (χ4v) is 5.71. The maximum atomic E-state index is 14.4. The smallest absolute Gasteiger partial charge is 0.148 e. The molecule has 6 atom stereocenters. The van der Waals surface area contributed by atoms with Crippen molar-refractivity contribution in [2.75, 3.05) is 0 Å². The standard InChI is InChI=1S/C31H27NO2/c33-29-25-27(21-13-5-1-6-14-21)32-28(22-15-7-2-8-16-22)26(29)31(24-19-11-4-12-20-24)34-30(25)23-17-9-3-10-18-23/h1-20,25-28,30-32H/t25-,26-,27-,28+,30-,31-/m0/s1. The van der Waals surface area contributed by atoms with Crippen molar-refractivity contribution in [1.29, 1.82) is 0 Å². The van der Waals surface area contributed by atoms with Gasteiger partial charge in [0.15, 0.2) is 0 Å². The van der Waals surface area contributed by atoms with E-state index in [0.717, 1.165) is 22.3 Å². The first-order valence-electron chi connectivity index (χ1n) is 12.0. The third kappa shape index (κ3) is 3.67. The van der Waals surface area contributed by atoms with E-state index in [-0.39, 0.29) is 41.9 Å². The van der Waals surface area contributed by atoms with Crippen molar-refractivity contribution in [2.45, 2.75) is 24.3 Å². The quantitative estimate of drug-likeness (QED) is 0.396. The number of carbonyl (C=O) groups excluding carboxylic acids is 1. The zero-order valence-electron chi connectivity index (χ0n) is 18.8. The third-order valence-corrected chi connectivity index (χ3v) is 7.25. The molecular formula is C31H27NO2. The molecule has 0 saturated carbocycles. The Labute approximate surface area is 200 Å². The second-order valence-corrected chi connectivity index (χ2v) is 9.20. The molecule has 0 spiro atoms. The molecule has 0 aromatic heterocycles. The van der Waals surface area contributed by atoms with Gasteiger partial charge in [0, 0.05) is 12.1 Å². The number of fused-ring (bicyclic) bond motifs is 2. The minimum absolute atomic E-state index is 0.142. The van der Waals surface area contributed by atoms with Crippen LogP contribution in [-0.4, -0.2) is 5.78 Å². The Hall–Kier alpha value is -3.53. The highest BCUT2D eigenvalue weighted by Crippen LogP contribution is 2.55. The molecule has 0 radical (unpaired) electrons. The van der Waals surface area contributed by atoms with Gasteiger partial charge in [-0.25, -0.2) is 0 Å². The van der Waals surface area contributed by atoms with Crippen LogP contribution < -0.4 is 5.32 Å². The zero-order chi connectivity index (χ0) is 22.9. The van der Waals surface area contributed by atoms with E-state index in [1.807, 2.05) is 72.8 Å². The summed E-state index contributed by atoms with van der Waals surface area (Å²) in [6, 6.07) is 40.7. The minimum Gasteiger partial charge on any atom is -0.364 e. The monoisotopic (exact) mass is 445 g/mol. The first-order chi connectivity index (χ1) is 16.8. The number of nitrogens with one attached hydrogen (secondary N) is 1. The lowest BCUT2D eigenvalue weighted by molar-refractivity contribution is -0.177. The van der Waals surface area contributed by atoms with Crippen LogP contribution in [0.15, 0.2) is 121 Å². The van der Waals surface area contributed by atoms with Crippen LogP contribution in [0.1, 0.15) is 46.5 Å². The molecule has 4 aromatic carbocycles. The van der Waals surface area contributed by atoms with Crippen LogP contribution >= 0.6 is 0 Å². The Morgan fingerprint density at radius 1 is 0.471 bits per heavy atom. The number of ketones is 1. The molecule has 0 aliphatic carbocycles. The Balaban J connectivity index is 1.52. The number of benzene rings is 4. The Bertz CT molecular complexity index is 1050. The molecule has 168 valence electrons. The summed E-state index contributed by atoms with van der Waals surface area (Å²) in [5, 5.41) is 3.92. The summed E-state index contributed by atoms with van der Waals surface area (Å²) in [6.07, 6.45) is -0.658. The fraction of sp³-hybridized carbons (Fsp3) is 0.194.